The van der Waals surface area contributed by atoms with E-state index in [0.717, 1.165) is 30.6 Å². The Morgan fingerprint density at radius 1 is 1.24 bits per heavy atom. The molecule has 1 fully saturated rings. The molecule has 0 bridgehead atoms. The topological polar surface area (TPSA) is 58.6 Å². The van der Waals surface area contributed by atoms with E-state index in [1.165, 1.54) is 19.3 Å². The molecule has 1 aromatic carbocycles. The van der Waals surface area contributed by atoms with E-state index in [1.54, 1.807) is 14.0 Å². The Morgan fingerprint density at radius 2 is 2.00 bits per heavy atom. The standard InChI is InChI=1S/C20H30N2O3/c1-16(23)22(18-8-4-3-5-9-18)14-12-20(24)21-13-11-17-7-6-10-19(15-17)25-2/h6-7,10,15,18H,3-5,8-9,11-14H2,1-2H3,(H,21,24). The lowest BCUT2D eigenvalue weighted by Gasteiger charge is -2.33. The van der Waals surface area contributed by atoms with Gasteiger partial charge in [-0.15, -0.1) is 0 Å². The molecule has 138 valence electrons. The van der Waals surface area contributed by atoms with Crippen molar-refractivity contribution < 1.29 is 14.3 Å². The van der Waals surface area contributed by atoms with Gasteiger partial charge in [0, 0.05) is 32.5 Å². The van der Waals surface area contributed by atoms with Gasteiger partial charge in [0.05, 0.1) is 7.11 Å². The van der Waals surface area contributed by atoms with Gasteiger partial charge in [-0.05, 0) is 37.0 Å². The molecule has 1 saturated carbocycles. The molecular weight excluding hydrogens is 316 g/mol. The van der Waals surface area contributed by atoms with Gasteiger partial charge < -0.3 is 15.0 Å². The summed E-state index contributed by atoms with van der Waals surface area (Å²) in [5.41, 5.74) is 1.13. The maximum atomic E-state index is 12.1. The minimum absolute atomic E-state index is 0.00459. The van der Waals surface area contributed by atoms with Crippen LogP contribution in [-0.2, 0) is 16.0 Å². The van der Waals surface area contributed by atoms with Crippen molar-refractivity contribution in [2.75, 3.05) is 20.2 Å². The lowest BCUT2D eigenvalue weighted by molar-refractivity contribution is -0.132. The second kappa shape index (κ2) is 10.1. The maximum absolute atomic E-state index is 12.1. The summed E-state index contributed by atoms with van der Waals surface area (Å²) < 4.78 is 5.20. The third-order valence-electron chi connectivity index (χ3n) is 4.87. The van der Waals surface area contributed by atoms with E-state index in [-0.39, 0.29) is 11.8 Å². The fourth-order valence-corrected chi connectivity index (χ4v) is 3.47. The van der Waals surface area contributed by atoms with Gasteiger partial charge in [0.25, 0.3) is 0 Å². The Hall–Kier alpha value is -2.04. The van der Waals surface area contributed by atoms with Gasteiger partial charge in [0.1, 0.15) is 5.75 Å². The Bertz CT molecular complexity index is 568. The molecule has 0 radical (unpaired) electrons. The average molecular weight is 346 g/mol. The number of carbonyl (C=O) groups is 2. The van der Waals surface area contributed by atoms with Crippen molar-refractivity contribution in [1.29, 1.82) is 0 Å². The predicted molar refractivity (Wildman–Crippen MR) is 98.6 cm³/mol. The number of methoxy groups -OCH3 is 1. The van der Waals surface area contributed by atoms with E-state index < -0.39 is 0 Å². The summed E-state index contributed by atoms with van der Waals surface area (Å²) in [5, 5.41) is 2.95. The van der Waals surface area contributed by atoms with E-state index in [4.69, 9.17) is 4.74 Å². The number of rotatable bonds is 8. The van der Waals surface area contributed by atoms with Gasteiger partial charge >= 0.3 is 0 Å². The van der Waals surface area contributed by atoms with Crippen LogP contribution in [-0.4, -0.2) is 43.0 Å². The number of amides is 2. The van der Waals surface area contributed by atoms with E-state index in [2.05, 4.69) is 5.32 Å². The van der Waals surface area contributed by atoms with Crippen molar-refractivity contribution in [2.24, 2.45) is 0 Å². The van der Waals surface area contributed by atoms with E-state index >= 15 is 0 Å². The van der Waals surface area contributed by atoms with Crippen LogP contribution < -0.4 is 10.1 Å². The van der Waals surface area contributed by atoms with Gasteiger partial charge in [-0.3, -0.25) is 9.59 Å². The number of carbonyl (C=O) groups excluding carboxylic acids is 2. The Labute approximate surface area is 150 Å². The van der Waals surface area contributed by atoms with Crippen LogP contribution in [0.1, 0.15) is 51.0 Å². The van der Waals surface area contributed by atoms with Crippen molar-refractivity contribution in [2.45, 2.75) is 57.9 Å². The van der Waals surface area contributed by atoms with Crippen molar-refractivity contribution in [3.63, 3.8) is 0 Å². The first kappa shape index (κ1) is 19.3. The molecule has 0 aromatic heterocycles. The summed E-state index contributed by atoms with van der Waals surface area (Å²) in [7, 11) is 1.65. The first-order valence-corrected chi connectivity index (χ1v) is 9.27. The number of benzene rings is 1. The van der Waals surface area contributed by atoms with Gasteiger partial charge in [0.15, 0.2) is 0 Å². The highest BCUT2D eigenvalue weighted by Gasteiger charge is 2.23. The lowest BCUT2D eigenvalue weighted by atomic mass is 9.94. The average Bonchev–Trinajstić information content (AvgIpc) is 2.62. The molecule has 2 rings (SSSR count). The number of ether oxygens (including phenoxy) is 1. The molecule has 25 heavy (non-hydrogen) atoms. The normalized spacial score (nSPS) is 14.8. The van der Waals surface area contributed by atoms with Crippen LogP contribution in [0.15, 0.2) is 24.3 Å². The fraction of sp³-hybridized carbons (Fsp3) is 0.600. The third kappa shape index (κ3) is 6.40. The summed E-state index contributed by atoms with van der Waals surface area (Å²) in [4.78, 5) is 25.9. The number of hydrogen-bond donors (Lipinski definition) is 1. The third-order valence-corrected chi connectivity index (χ3v) is 4.87. The number of nitrogens with one attached hydrogen (secondary N) is 1. The van der Waals surface area contributed by atoms with Crippen LogP contribution in [0.25, 0.3) is 0 Å². The van der Waals surface area contributed by atoms with Gasteiger partial charge in [-0.1, -0.05) is 31.4 Å². The summed E-state index contributed by atoms with van der Waals surface area (Å²) in [6, 6.07) is 8.17. The molecule has 1 aromatic rings. The summed E-state index contributed by atoms with van der Waals surface area (Å²) in [5.74, 6) is 0.912. The zero-order valence-electron chi connectivity index (χ0n) is 15.4. The molecule has 0 heterocycles. The Kier molecular flexibility index (Phi) is 7.76. The second-order valence-electron chi connectivity index (χ2n) is 6.71. The zero-order valence-corrected chi connectivity index (χ0v) is 15.4. The molecule has 0 atom stereocenters. The van der Waals surface area contributed by atoms with Crippen LogP contribution in [0, 0.1) is 0 Å². The molecule has 0 spiro atoms. The zero-order chi connectivity index (χ0) is 18.1. The first-order valence-electron chi connectivity index (χ1n) is 9.27. The molecule has 0 unspecified atom stereocenters. The van der Waals surface area contributed by atoms with Crippen molar-refractivity contribution in [3.8, 4) is 5.75 Å². The molecule has 5 heteroatoms. The van der Waals surface area contributed by atoms with E-state index in [0.29, 0.717) is 25.6 Å². The highest BCUT2D eigenvalue weighted by molar-refractivity contribution is 5.78. The Morgan fingerprint density at radius 3 is 2.68 bits per heavy atom. The molecule has 1 N–H and O–H groups in total. The predicted octanol–water partition coefficient (Wildman–Crippen LogP) is 2.93. The van der Waals surface area contributed by atoms with Crippen molar-refractivity contribution >= 4 is 11.8 Å². The van der Waals surface area contributed by atoms with Crippen molar-refractivity contribution in [1.82, 2.24) is 10.2 Å². The summed E-state index contributed by atoms with van der Waals surface area (Å²) in [6.07, 6.45) is 6.89. The molecule has 0 saturated heterocycles. The van der Waals surface area contributed by atoms with Gasteiger partial charge in [-0.2, -0.15) is 0 Å². The molecule has 5 nitrogen and oxygen atoms in total. The molecule has 1 aliphatic carbocycles. The first-order chi connectivity index (χ1) is 12.1. The SMILES string of the molecule is COc1cccc(CCNC(=O)CCN(C(C)=O)C2CCCCC2)c1. The molecular formula is C20H30N2O3. The summed E-state index contributed by atoms with van der Waals surface area (Å²) >= 11 is 0. The summed E-state index contributed by atoms with van der Waals surface area (Å²) in [6.45, 7) is 2.72. The van der Waals surface area contributed by atoms with Crippen LogP contribution in [0.2, 0.25) is 0 Å². The quantitative estimate of drug-likeness (QED) is 0.787. The smallest absolute Gasteiger partial charge is 0.221 e. The van der Waals surface area contributed by atoms with E-state index in [9.17, 15) is 9.59 Å². The second-order valence-corrected chi connectivity index (χ2v) is 6.71. The van der Waals surface area contributed by atoms with Crippen LogP contribution in [0.5, 0.6) is 5.75 Å². The highest BCUT2D eigenvalue weighted by atomic mass is 16.5. The maximum Gasteiger partial charge on any atom is 0.221 e. The van der Waals surface area contributed by atoms with Crippen molar-refractivity contribution in [3.05, 3.63) is 29.8 Å². The fourth-order valence-electron chi connectivity index (χ4n) is 3.47. The monoisotopic (exact) mass is 346 g/mol. The highest BCUT2D eigenvalue weighted by Crippen LogP contribution is 2.22. The minimum Gasteiger partial charge on any atom is -0.497 e. The molecule has 0 aliphatic heterocycles. The van der Waals surface area contributed by atoms with Crippen LogP contribution in [0.4, 0.5) is 0 Å². The molecule has 1 aliphatic rings. The van der Waals surface area contributed by atoms with E-state index in [1.807, 2.05) is 29.2 Å². The largest absolute Gasteiger partial charge is 0.497 e. The molecule has 2 amide bonds. The number of hydrogen-bond acceptors (Lipinski definition) is 3. The van der Waals surface area contributed by atoms with Gasteiger partial charge in [-0.25, -0.2) is 0 Å². The lowest BCUT2D eigenvalue weighted by Crippen LogP contribution is -2.42. The number of nitrogens with zero attached hydrogens (tertiary/aromatic N) is 1. The van der Waals surface area contributed by atoms with Crippen LogP contribution in [0.3, 0.4) is 0 Å². The minimum atomic E-state index is 0.00459. The Balaban J connectivity index is 1.72. The van der Waals surface area contributed by atoms with Gasteiger partial charge in [0.2, 0.25) is 11.8 Å². The van der Waals surface area contributed by atoms with Crippen LogP contribution >= 0.6 is 0 Å².